The number of halogens is 2. The number of rotatable bonds is 13. The van der Waals surface area contributed by atoms with Crippen molar-refractivity contribution in [3.8, 4) is 0 Å². The normalized spacial score (nSPS) is 12.4. The average Bonchev–Trinajstić information content (AvgIpc) is 2.94. The van der Waals surface area contributed by atoms with Crippen molar-refractivity contribution in [3.63, 3.8) is 0 Å². The van der Waals surface area contributed by atoms with Crippen LogP contribution in [0.2, 0.25) is 10.0 Å². The maximum atomic E-state index is 14.2. The van der Waals surface area contributed by atoms with E-state index in [2.05, 4.69) is 26.1 Å². The minimum absolute atomic E-state index is 0.0867. The van der Waals surface area contributed by atoms with Crippen molar-refractivity contribution in [2.24, 2.45) is 0 Å². The maximum Gasteiger partial charge on any atom is 0.244 e. The molecule has 0 saturated carbocycles. The van der Waals surface area contributed by atoms with Crippen molar-refractivity contribution >= 4 is 50.7 Å². The van der Waals surface area contributed by atoms with E-state index in [9.17, 15) is 18.0 Å². The number of sulfonamides is 1. The third kappa shape index (κ3) is 9.71. The van der Waals surface area contributed by atoms with Crippen LogP contribution < -0.4 is 9.62 Å². The summed E-state index contributed by atoms with van der Waals surface area (Å²) < 4.78 is 27.1. The van der Waals surface area contributed by atoms with Crippen molar-refractivity contribution in [3.05, 3.63) is 99.5 Å². The van der Waals surface area contributed by atoms with Gasteiger partial charge in [-0.05, 0) is 47.2 Å². The molecule has 0 spiro atoms. The molecule has 10 heteroatoms. The van der Waals surface area contributed by atoms with E-state index in [1.807, 2.05) is 49.4 Å². The molecular formula is C33H41Cl2N3O4S. The zero-order chi connectivity index (χ0) is 31.8. The highest BCUT2D eigenvalue weighted by Gasteiger charge is 2.33. The first kappa shape index (κ1) is 34.4. The van der Waals surface area contributed by atoms with Crippen LogP contribution in [0.1, 0.15) is 57.2 Å². The van der Waals surface area contributed by atoms with Gasteiger partial charge >= 0.3 is 0 Å². The molecule has 2 amide bonds. The van der Waals surface area contributed by atoms with E-state index < -0.39 is 28.5 Å². The molecule has 0 saturated heterocycles. The summed E-state index contributed by atoms with van der Waals surface area (Å²) in [4.78, 5) is 29.3. The van der Waals surface area contributed by atoms with Gasteiger partial charge in [-0.25, -0.2) is 8.42 Å². The summed E-state index contributed by atoms with van der Waals surface area (Å²) >= 11 is 13.0. The minimum atomic E-state index is -3.87. The first-order chi connectivity index (χ1) is 20.2. The Morgan fingerprint density at radius 3 is 2.05 bits per heavy atom. The number of amides is 2. The fourth-order valence-electron chi connectivity index (χ4n) is 4.66. The molecule has 1 atom stereocenters. The van der Waals surface area contributed by atoms with Crippen molar-refractivity contribution < 1.29 is 18.0 Å². The monoisotopic (exact) mass is 645 g/mol. The largest absolute Gasteiger partial charge is 0.354 e. The molecule has 1 N–H and O–H groups in total. The molecule has 0 aliphatic heterocycles. The van der Waals surface area contributed by atoms with E-state index in [1.54, 1.807) is 30.3 Å². The number of hydrogen-bond acceptors (Lipinski definition) is 4. The summed E-state index contributed by atoms with van der Waals surface area (Å²) in [5.41, 5.74) is 2.56. The number of unbranched alkanes of at least 4 members (excludes halogenated alkanes) is 1. The number of benzene rings is 3. The lowest BCUT2D eigenvalue weighted by molar-refractivity contribution is -0.140. The predicted octanol–water partition coefficient (Wildman–Crippen LogP) is 6.61. The van der Waals surface area contributed by atoms with Crippen LogP contribution in [0.5, 0.6) is 0 Å². The predicted molar refractivity (Wildman–Crippen MR) is 176 cm³/mol. The number of nitrogens with one attached hydrogen (secondary N) is 1. The van der Waals surface area contributed by atoms with Gasteiger partial charge in [0.05, 0.1) is 11.9 Å². The van der Waals surface area contributed by atoms with Crippen molar-refractivity contribution in [2.45, 2.75) is 65.0 Å². The van der Waals surface area contributed by atoms with E-state index in [4.69, 9.17) is 23.2 Å². The molecule has 0 heterocycles. The molecule has 3 aromatic carbocycles. The van der Waals surface area contributed by atoms with E-state index >= 15 is 0 Å². The highest BCUT2D eigenvalue weighted by Crippen LogP contribution is 2.29. The van der Waals surface area contributed by atoms with E-state index in [-0.39, 0.29) is 24.3 Å². The number of carbonyl (C=O) groups excluding carboxylic acids is 2. The first-order valence-corrected chi connectivity index (χ1v) is 16.9. The van der Waals surface area contributed by atoms with Crippen LogP contribution in [0, 0.1) is 0 Å². The van der Waals surface area contributed by atoms with Gasteiger partial charge in [0, 0.05) is 35.1 Å². The SMILES string of the molecule is CCCCNC(=O)C(Cc1ccccc1)N(Cc1c(Cl)cccc1Cl)C(=O)CN(c1ccc(C(C)(C)C)cc1)S(C)(=O)=O. The van der Waals surface area contributed by atoms with Crippen LogP contribution in [0.25, 0.3) is 0 Å². The lowest BCUT2D eigenvalue weighted by Gasteiger charge is -2.34. The second kappa shape index (κ2) is 15.1. The molecular weight excluding hydrogens is 605 g/mol. The first-order valence-electron chi connectivity index (χ1n) is 14.3. The minimum Gasteiger partial charge on any atom is -0.354 e. The standard InChI is InChI=1S/C33H41Cl2N3O4S/c1-6-7-20-36-32(40)30(21-24-12-9-8-10-13-24)37(22-27-28(34)14-11-15-29(27)35)31(39)23-38(43(5,41)42)26-18-16-25(17-19-26)33(2,3)4/h8-19,30H,6-7,20-23H2,1-5H3,(H,36,40). The lowest BCUT2D eigenvalue weighted by Crippen LogP contribution is -2.53. The Morgan fingerprint density at radius 2 is 1.51 bits per heavy atom. The summed E-state index contributed by atoms with van der Waals surface area (Å²) in [5.74, 6) is -0.901. The molecule has 0 aromatic heterocycles. The van der Waals surface area contributed by atoms with Gasteiger partial charge in [0.15, 0.2) is 0 Å². The van der Waals surface area contributed by atoms with Crippen molar-refractivity contribution in [1.29, 1.82) is 0 Å². The summed E-state index contributed by atoms with van der Waals surface area (Å²) in [6.45, 7) is 8.07. The van der Waals surface area contributed by atoms with Gasteiger partial charge in [-0.1, -0.05) is 106 Å². The number of anilines is 1. The molecule has 7 nitrogen and oxygen atoms in total. The molecule has 0 aliphatic carbocycles. The topological polar surface area (TPSA) is 86.8 Å². The Hall–Kier alpha value is -3.07. The van der Waals surface area contributed by atoms with Gasteiger partial charge in [-0.15, -0.1) is 0 Å². The number of nitrogens with zero attached hydrogens (tertiary/aromatic N) is 2. The van der Waals surface area contributed by atoms with Gasteiger partial charge in [-0.2, -0.15) is 0 Å². The molecule has 3 aromatic rings. The summed E-state index contributed by atoms with van der Waals surface area (Å²) in [6.07, 6.45) is 2.94. The molecule has 1 unspecified atom stereocenters. The second-order valence-electron chi connectivity index (χ2n) is 11.6. The van der Waals surface area contributed by atoms with Crippen molar-refractivity contribution in [2.75, 3.05) is 23.7 Å². The zero-order valence-corrected chi connectivity index (χ0v) is 27.8. The highest BCUT2D eigenvalue weighted by molar-refractivity contribution is 7.92. The number of hydrogen-bond donors (Lipinski definition) is 1. The molecule has 0 fully saturated rings. The zero-order valence-electron chi connectivity index (χ0n) is 25.4. The molecule has 0 aliphatic rings. The molecule has 43 heavy (non-hydrogen) atoms. The fraction of sp³-hybridized carbons (Fsp3) is 0.394. The molecule has 232 valence electrons. The average molecular weight is 647 g/mol. The van der Waals surface area contributed by atoms with E-state index in [1.165, 1.54) is 4.90 Å². The van der Waals surface area contributed by atoms with Crippen LogP contribution in [0.4, 0.5) is 5.69 Å². The Morgan fingerprint density at radius 1 is 0.907 bits per heavy atom. The highest BCUT2D eigenvalue weighted by atomic mass is 35.5. The van der Waals surface area contributed by atoms with E-state index in [0.29, 0.717) is 27.8 Å². The van der Waals surface area contributed by atoms with E-state index in [0.717, 1.165) is 34.5 Å². The summed E-state index contributed by atoms with van der Waals surface area (Å²) in [5, 5.41) is 3.64. The molecule has 3 rings (SSSR count). The quantitative estimate of drug-likeness (QED) is 0.212. The fourth-order valence-corrected chi connectivity index (χ4v) is 6.02. The molecule has 0 bridgehead atoms. The van der Waals surface area contributed by atoms with Crippen LogP contribution >= 0.6 is 23.2 Å². The molecule has 0 radical (unpaired) electrons. The smallest absolute Gasteiger partial charge is 0.244 e. The Bertz CT molecular complexity index is 1470. The van der Waals surface area contributed by atoms with Crippen molar-refractivity contribution in [1.82, 2.24) is 10.2 Å². The van der Waals surface area contributed by atoms with Crippen LogP contribution in [-0.2, 0) is 38.0 Å². The van der Waals surface area contributed by atoms with Gasteiger partial charge in [0.25, 0.3) is 0 Å². The lowest BCUT2D eigenvalue weighted by atomic mass is 9.87. The van der Waals surface area contributed by atoms with Gasteiger partial charge in [0.2, 0.25) is 21.8 Å². The van der Waals surface area contributed by atoms with Gasteiger partial charge < -0.3 is 10.2 Å². The maximum absolute atomic E-state index is 14.2. The third-order valence-corrected chi connectivity index (χ3v) is 9.04. The van der Waals surface area contributed by atoms with Gasteiger partial charge in [0.1, 0.15) is 12.6 Å². The van der Waals surface area contributed by atoms with Crippen LogP contribution in [0.15, 0.2) is 72.8 Å². The third-order valence-electron chi connectivity index (χ3n) is 7.19. The summed E-state index contributed by atoms with van der Waals surface area (Å²) in [6, 6.07) is 20.6. The van der Waals surface area contributed by atoms with Gasteiger partial charge in [-0.3, -0.25) is 13.9 Å². The Kier molecular flexibility index (Phi) is 12.1. The Balaban J connectivity index is 2.08. The van der Waals surface area contributed by atoms with Crippen LogP contribution in [0.3, 0.4) is 0 Å². The number of carbonyl (C=O) groups is 2. The van der Waals surface area contributed by atoms with Crippen LogP contribution in [-0.4, -0.2) is 50.5 Å². The summed E-state index contributed by atoms with van der Waals surface area (Å²) in [7, 11) is -3.87. The second-order valence-corrected chi connectivity index (χ2v) is 14.4. The Labute approximate surface area is 266 Å².